The number of halogens is 3. The second kappa shape index (κ2) is 5.78. The van der Waals surface area contributed by atoms with E-state index in [1.807, 2.05) is 0 Å². The molecule has 0 aliphatic carbocycles. The zero-order valence-corrected chi connectivity index (χ0v) is 10.6. The quantitative estimate of drug-likeness (QED) is 0.874. The number of benzene rings is 1. The standard InChI is InChI=1S/C15H10F3NO2/c16-15(17,18)12-3-1-10(2-4-14(20)21)13(9-12)11-5-7-19-8-6-11/h1-9H,(H,20,21). The highest BCUT2D eigenvalue weighted by Crippen LogP contribution is 2.34. The number of hydrogen-bond acceptors (Lipinski definition) is 2. The van der Waals surface area contributed by atoms with Crippen LogP contribution in [0.3, 0.4) is 0 Å². The van der Waals surface area contributed by atoms with Crippen molar-refractivity contribution in [1.82, 2.24) is 4.98 Å². The number of carbonyl (C=O) groups is 1. The maximum atomic E-state index is 12.8. The number of nitrogens with zero attached hydrogens (tertiary/aromatic N) is 1. The molecule has 0 bridgehead atoms. The number of pyridine rings is 1. The van der Waals surface area contributed by atoms with Crippen LogP contribution in [0.4, 0.5) is 13.2 Å². The number of alkyl halides is 3. The van der Waals surface area contributed by atoms with E-state index in [-0.39, 0.29) is 0 Å². The average Bonchev–Trinajstić information content (AvgIpc) is 2.45. The molecule has 108 valence electrons. The molecule has 6 heteroatoms. The second-order valence-corrected chi connectivity index (χ2v) is 4.21. The normalized spacial score (nSPS) is 11.8. The Labute approximate surface area is 118 Å². The minimum absolute atomic E-state index is 0.296. The van der Waals surface area contributed by atoms with E-state index in [4.69, 9.17) is 5.11 Å². The number of aromatic nitrogens is 1. The number of carboxylic acids is 1. The summed E-state index contributed by atoms with van der Waals surface area (Å²) in [6, 6.07) is 6.29. The number of hydrogen-bond donors (Lipinski definition) is 1. The van der Waals surface area contributed by atoms with E-state index in [1.165, 1.54) is 24.5 Å². The van der Waals surface area contributed by atoms with Gasteiger partial charge in [-0.2, -0.15) is 13.2 Å². The average molecular weight is 293 g/mol. The van der Waals surface area contributed by atoms with E-state index in [1.54, 1.807) is 12.1 Å². The maximum Gasteiger partial charge on any atom is 0.416 e. The van der Waals surface area contributed by atoms with Crippen LogP contribution in [0.5, 0.6) is 0 Å². The lowest BCUT2D eigenvalue weighted by Crippen LogP contribution is -2.05. The van der Waals surface area contributed by atoms with Gasteiger partial charge in [-0.25, -0.2) is 4.79 Å². The third kappa shape index (κ3) is 3.68. The topological polar surface area (TPSA) is 50.2 Å². The van der Waals surface area contributed by atoms with Gasteiger partial charge in [-0.1, -0.05) is 6.07 Å². The van der Waals surface area contributed by atoms with Gasteiger partial charge >= 0.3 is 12.1 Å². The molecule has 0 aliphatic heterocycles. The van der Waals surface area contributed by atoms with Crippen molar-refractivity contribution in [3.05, 3.63) is 59.9 Å². The van der Waals surface area contributed by atoms with Crippen molar-refractivity contribution in [1.29, 1.82) is 0 Å². The summed E-state index contributed by atoms with van der Waals surface area (Å²) in [5.41, 5.74) is 0.421. The zero-order chi connectivity index (χ0) is 15.5. The third-order valence-electron chi connectivity index (χ3n) is 2.78. The smallest absolute Gasteiger partial charge is 0.416 e. The van der Waals surface area contributed by atoms with Crippen LogP contribution in [0, 0.1) is 0 Å². The molecule has 0 amide bonds. The summed E-state index contributed by atoms with van der Waals surface area (Å²) in [7, 11) is 0. The molecular formula is C15H10F3NO2. The molecule has 0 saturated heterocycles. The first kappa shape index (κ1) is 14.8. The molecule has 0 spiro atoms. The molecule has 0 unspecified atom stereocenters. The van der Waals surface area contributed by atoms with Gasteiger partial charge < -0.3 is 5.11 Å². The first-order valence-electron chi connectivity index (χ1n) is 5.90. The summed E-state index contributed by atoms with van der Waals surface area (Å²) in [5, 5.41) is 8.64. The Kier molecular flexibility index (Phi) is 4.07. The fourth-order valence-corrected chi connectivity index (χ4v) is 1.82. The SMILES string of the molecule is O=C(O)C=Cc1ccc(C(F)(F)F)cc1-c1ccncc1. The lowest BCUT2D eigenvalue weighted by molar-refractivity contribution is -0.137. The highest BCUT2D eigenvalue weighted by atomic mass is 19.4. The Morgan fingerprint density at radius 1 is 1.14 bits per heavy atom. The molecule has 3 nitrogen and oxygen atoms in total. The number of rotatable bonds is 3. The summed E-state index contributed by atoms with van der Waals surface area (Å²) < 4.78 is 38.4. The lowest BCUT2D eigenvalue weighted by Gasteiger charge is -2.12. The van der Waals surface area contributed by atoms with Gasteiger partial charge in [-0.3, -0.25) is 4.98 Å². The molecule has 2 aromatic rings. The Morgan fingerprint density at radius 2 is 1.81 bits per heavy atom. The fourth-order valence-electron chi connectivity index (χ4n) is 1.82. The van der Waals surface area contributed by atoms with Crippen LogP contribution < -0.4 is 0 Å². The third-order valence-corrected chi connectivity index (χ3v) is 2.78. The zero-order valence-electron chi connectivity index (χ0n) is 10.6. The number of carboxylic acid groups (broad SMARTS) is 1. The van der Waals surface area contributed by atoms with Crippen LogP contribution in [-0.4, -0.2) is 16.1 Å². The van der Waals surface area contributed by atoms with E-state index in [0.717, 1.165) is 18.2 Å². The molecule has 2 rings (SSSR count). The molecule has 0 fully saturated rings. The lowest BCUT2D eigenvalue weighted by atomic mass is 9.97. The van der Waals surface area contributed by atoms with Gasteiger partial charge in [0, 0.05) is 18.5 Å². The van der Waals surface area contributed by atoms with Gasteiger partial charge in [-0.15, -0.1) is 0 Å². The summed E-state index contributed by atoms with van der Waals surface area (Å²) >= 11 is 0. The summed E-state index contributed by atoms with van der Waals surface area (Å²) in [6.45, 7) is 0. The first-order valence-corrected chi connectivity index (χ1v) is 5.90. The van der Waals surface area contributed by atoms with E-state index < -0.39 is 17.7 Å². The molecule has 0 saturated carbocycles. The van der Waals surface area contributed by atoms with Crippen LogP contribution in [0.2, 0.25) is 0 Å². The van der Waals surface area contributed by atoms with Gasteiger partial charge in [0.25, 0.3) is 0 Å². The Morgan fingerprint density at radius 3 is 2.38 bits per heavy atom. The highest BCUT2D eigenvalue weighted by Gasteiger charge is 2.30. The van der Waals surface area contributed by atoms with E-state index in [0.29, 0.717) is 16.7 Å². The van der Waals surface area contributed by atoms with Gasteiger partial charge in [0.1, 0.15) is 0 Å². The molecule has 1 aromatic heterocycles. The van der Waals surface area contributed by atoms with Crippen LogP contribution >= 0.6 is 0 Å². The first-order chi connectivity index (χ1) is 9.88. The van der Waals surface area contributed by atoms with Crippen LogP contribution in [-0.2, 0) is 11.0 Å². The second-order valence-electron chi connectivity index (χ2n) is 4.21. The largest absolute Gasteiger partial charge is 0.478 e. The molecule has 0 aliphatic rings. The van der Waals surface area contributed by atoms with Gasteiger partial charge in [0.05, 0.1) is 5.56 Å². The van der Waals surface area contributed by atoms with Crippen molar-refractivity contribution >= 4 is 12.0 Å². The molecule has 21 heavy (non-hydrogen) atoms. The predicted molar refractivity (Wildman–Crippen MR) is 71.3 cm³/mol. The van der Waals surface area contributed by atoms with Gasteiger partial charge in [-0.05, 0) is 47.0 Å². The van der Waals surface area contributed by atoms with Crippen molar-refractivity contribution in [2.45, 2.75) is 6.18 Å². The van der Waals surface area contributed by atoms with Crippen molar-refractivity contribution in [2.75, 3.05) is 0 Å². The van der Waals surface area contributed by atoms with E-state index in [9.17, 15) is 18.0 Å². The van der Waals surface area contributed by atoms with Gasteiger partial charge in [0.15, 0.2) is 0 Å². The van der Waals surface area contributed by atoms with Crippen molar-refractivity contribution in [3.63, 3.8) is 0 Å². The van der Waals surface area contributed by atoms with Gasteiger partial charge in [0.2, 0.25) is 0 Å². The van der Waals surface area contributed by atoms with Crippen molar-refractivity contribution in [2.24, 2.45) is 0 Å². The highest BCUT2D eigenvalue weighted by molar-refractivity contribution is 5.88. The summed E-state index contributed by atoms with van der Waals surface area (Å²) in [4.78, 5) is 14.4. The van der Waals surface area contributed by atoms with Crippen LogP contribution in [0.25, 0.3) is 17.2 Å². The van der Waals surface area contributed by atoms with Crippen molar-refractivity contribution in [3.8, 4) is 11.1 Å². The molecular weight excluding hydrogens is 283 g/mol. The predicted octanol–water partition coefficient (Wildman–Crippen LogP) is 3.87. The molecule has 1 aromatic carbocycles. The Hall–Kier alpha value is -2.63. The van der Waals surface area contributed by atoms with Crippen molar-refractivity contribution < 1.29 is 23.1 Å². The fraction of sp³-hybridized carbons (Fsp3) is 0.0667. The maximum absolute atomic E-state index is 12.8. The Bertz CT molecular complexity index is 679. The van der Waals surface area contributed by atoms with Crippen LogP contribution in [0.15, 0.2) is 48.8 Å². The minimum Gasteiger partial charge on any atom is -0.478 e. The van der Waals surface area contributed by atoms with E-state index in [2.05, 4.69) is 4.98 Å². The number of aliphatic carboxylic acids is 1. The molecule has 1 heterocycles. The summed E-state index contributed by atoms with van der Waals surface area (Å²) in [5.74, 6) is -1.17. The molecule has 0 atom stereocenters. The van der Waals surface area contributed by atoms with Crippen LogP contribution in [0.1, 0.15) is 11.1 Å². The minimum atomic E-state index is -4.46. The Balaban J connectivity index is 2.58. The molecule has 0 radical (unpaired) electrons. The summed E-state index contributed by atoms with van der Waals surface area (Å²) in [6.07, 6.45) is 0.600. The van der Waals surface area contributed by atoms with E-state index >= 15 is 0 Å². The monoisotopic (exact) mass is 293 g/mol. The molecule has 1 N–H and O–H groups in total.